The van der Waals surface area contributed by atoms with Crippen LogP contribution in [-0.4, -0.2) is 23.5 Å². The fourth-order valence-corrected chi connectivity index (χ4v) is 2.80. The number of halogens is 2. The fourth-order valence-electron chi connectivity index (χ4n) is 2.80. The lowest BCUT2D eigenvalue weighted by molar-refractivity contribution is 0.102. The monoisotopic (exact) mass is 349 g/mol. The van der Waals surface area contributed by atoms with Gasteiger partial charge < -0.3 is 10.6 Å². The average Bonchev–Trinajstić information content (AvgIpc) is 3.08. The van der Waals surface area contributed by atoms with Crippen LogP contribution in [0.15, 0.2) is 42.6 Å². The third-order valence-corrected chi connectivity index (χ3v) is 4.12. The third kappa shape index (κ3) is 5.01. The number of aryl methyl sites for hydroxylation is 1. The second-order valence-electron chi connectivity index (χ2n) is 5.84. The van der Waals surface area contributed by atoms with Gasteiger partial charge >= 0.3 is 0 Å². The van der Waals surface area contributed by atoms with Crippen molar-refractivity contribution in [1.29, 1.82) is 0 Å². The van der Waals surface area contributed by atoms with Crippen molar-refractivity contribution < 1.29 is 9.18 Å². The van der Waals surface area contributed by atoms with Crippen LogP contribution >= 0.6 is 12.4 Å². The van der Waals surface area contributed by atoms with Crippen molar-refractivity contribution in [2.24, 2.45) is 0 Å². The molecule has 1 saturated heterocycles. The molecule has 2 N–H and O–H groups in total. The third-order valence-electron chi connectivity index (χ3n) is 4.12. The highest BCUT2D eigenvalue weighted by Gasteiger charge is 2.13. The highest BCUT2D eigenvalue weighted by atomic mass is 35.5. The highest BCUT2D eigenvalue weighted by Crippen LogP contribution is 2.15. The van der Waals surface area contributed by atoms with Gasteiger partial charge in [-0.15, -0.1) is 12.4 Å². The fraction of sp³-hybridized carbons (Fsp3) is 0.333. The maximum atomic E-state index is 12.8. The van der Waals surface area contributed by atoms with Gasteiger partial charge in [0.25, 0.3) is 5.91 Å². The molecule has 3 rings (SSSR count). The normalized spacial score (nSPS) is 16.5. The summed E-state index contributed by atoms with van der Waals surface area (Å²) in [5.41, 5.74) is 2.17. The van der Waals surface area contributed by atoms with Crippen LogP contribution in [-0.2, 0) is 6.42 Å². The van der Waals surface area contributed by atoms with E-state index in [4.69, 9.17) is 0 Å². The van der Waals surface area contributed by atoms with Crippen LogP contribution in [0.5, 0.6) is 0 Å². The molecule has 1 unspecified atom stereocenters. The number of nitrogens with zero attached hydrogens (tertiary/aromatic N) is 1. The summed E-state index contributed by atoms with van der Waals surface area (Å²) in [6.07, 6.45) is 5.75. The lowest BCUT2D eigenvalue weighted by Gasteiger charge is -2.10. The Balaban J connectivity index is 0.00000208. The minimum Gasteiger partial charge on any atom is -0.321 e. The highest BCUT2D eigenvalue weighted by molar-refractivity contribution is 6.02. The van der Waals surface area contributed by atoms with Crippen LogP contribution in [0.3, 0.4) is 0 Å². The molecule has 4 nitrogen and oxygen atoms in total. The van der Waals surface area contributed by atoms with E-state index in [1.54, 1.807) is 0 Å². The van der Waals surface area contributed by atoms with Crippen molar-refractivity contribution in [3.8, 4) is 0 Å². The Morgan fingerprint density at radius 1 is 1.25 bits per heavy atom. The van der Waals surface area contributed by atoms with Crippen LogP contribution in [0.1, 0.15) is 35.3 Å². The number of hydrogen-bond acceptors (Lipinski definition) is 3. The predicted octanol–water partition coefficient (Wildman–Crippen LogP) is 3.58. The number of anilines is 1. The zero-order valence-corrected chi connectivity index (χ0v) is 14.1. The molecule has 0 radical (unpaired) electrons. The van der Waals surface area contributed by atoms with Gasteiger partial charge in [0.05, 0.1) is 6.20 Å². The number of nitrogens with one attached hydrogen (secondary N) is 2. The molecule has 1 aliphatic heterocycles. The molecular formula is C18H21ClFN3O. The van der Waals surface area contributed by atoms with Crippen molar-refractivity contribution >= 4 is 24.0 Å². The van der Waals surface area contributed by atoms with E-state index in [-0.39, 0.29) is 24.0 Å². The molecule has 24 heavy (non-hydrogen) atoms. The summed E-state index contributed by atoms with van der Waals surface area (Å²) in [4.78, 5) is 15.8. The molecule has 2 aromatic rings. The minimum absolute atomic E-state index is 0. The Bertz CT molecular complexity index is 655. The van der Waals surface area contributed by atoms with Gasteiger partial charge in [0.1, 0.15) is 11.5 Å². The summed E-state index contributed by atoms with van der Waals surface area (Å²) >= 11 is 0. The largest absolute Gasteiger partial charge is 0.321 e. The van der Waals surface area contributed by atoms with Crippen molar-refractivity contribution in [3.63, 3.8) is 0 Å². The molecule has 0 saturated carbocycles. The van der Waals surface area contributed by atoms with Gasteiger partial charge in [0.15, 0.2) is 0 Å². The molecule has 1 amide bonds. The number of pyridine rings is 1. The number of rotatable bonds is 5. The summed E-state index contributed by atoms with van der Waals surface area (Å²) in [6, 6.07) is 11.1. The van der Waals surface area contributed by atoms with Crippen molar-refractivity contribution in [1.82, 2.24) is 10.3 Å². The van der Waals surface area contributed by atoms with Crippen LogP contribution in [0.25, 0.3) is 0 Å². The Labute approximate surface area is 147 Å². The van der Waals surface area contributed by atoms with E-state index in [9.17, 15) is 9.18 Å². The smallest absolute Gasteiger partial charge is 0.274 e. The first-order chi connectivity index (χ1) is 11.2. The van der Waals surface area contributed by atoms with E-state index < -0.39 is 5.82 Å². The summed E-state index contributed by atoms with van der Waals surface area (Å²) in [7, 11) is 0. The molecule has 1 aliphatic rings. The Morgan fingerprint density at radius 3 is 2.67 bits per heavy atom. The van der Waals surface area contributed by atoms with Crippen LogP contribution in [0.2, 0.25) is 0 Å². The van der Waals surface area contributed by atoms with Gasteiger partial charge in [-0.25, -0.2) is 9.37 Å². The van der Waals surface area contributed by atoms with Crippen LogP contribution < -0.4 is 10.6 Å². The number of carbonyl (C=O) groups is 1. The SMILES string of the molecule is Cl.O=C(Nc1ccc(CCC2CCCN2)cc1)c1ccc(F)cn1. The molecule has 1 aromatic carbocycles. The van der Waals surface area contributed by atoms with E-state index in [1.807, 2.05) is 24.3 Å². The predicted molar refractivity (Wildman–Crippen MR) is 95.2 cm³/mol. The summed E-state index contributed by atoms with van der Waals surface area (Å²) in [5.74, 6) is -0.796. The number of amides is 1. The molecule has 0 spiro atoms. The van der Waals surface area contributed by atoms with Gasteiger partial charge in [-0.05, 0) is 62.1 Å². The molecule has 1 fully saturated rings. The molecule has 1 atom stereocenters. The van der Waals surface area contributed by atoms with Crippen molar-refractivity contribution in [2.45, 2.75) is 31.7 Å². The van der Waals surface area contributed by atoms with E-state index >= 15 is 0 Å². The zero-order chi connectivity index (χ0) is 16.1. The van der Waals surface area contributed by atoms with Crippen LogP contribution in [0.4, 0.5) is 10.1 Å². The second-order valence-corrected chi connectivity index (χ2v) is 5.84. The first-order valence-electron chi connectivity index (χ1n) is 7.96. The van der Waals surface area contributed by atoms with Gasteiger partial charge in [-0.3, -0.25) is 4.79 Å². The molecule has 128 valence electrons. The van der Waals surface area contributed by atoms with Gasteiger partial charge in [0.2, 0.25) is 0 Å². The molecule has 1 aromatic heterocycles. The standard InChI is InChI=1S/C18H20FN3O.ClH/c19-14-6-10-17(21-12-14)18(23)22-16-8-4-13(5-9-16)3-7-15-2-1-11-20-15;/h4-6,8-10,12,15,20H,1-3,7,11H2,(H,22,23);1H. The minimum atomic E-state index is -0.456. The van der Waals surface area contributed by atoms with E-state index in [0.29, 0.717) is 11.7 Å². The Kier molecular flexibility index (Phi) is 6.70. The number of aromatic nitrogens is 1. The number of hydrogen-bond donors (Lipinski definition) is 2. The van der Waals surface area contributed by atoms with Gasteiger partial charge in [-0.2, -0.15) is 0 Å². The van der Waals surface area contributed by atoms with E-state index in [2.05, 4.69) is 15.6 Å². The molecule has 0 aliphatic carbocycles. The maximum absolute atomic E-state index is 12.8. The molecule has 6 heteroatoms. The molecule has 0 bridgehead atoms. The number of benzene rings is 1. The summed E-state index contributed by atoms with van der Waals surface area (Å²) in [6.45, 7) is 1.13. The average molecular weight is 350 g/mol. The second kappa shape index (κ2) is 8.76. The zero-order valence-electron chi connectivity index (χ0n) is 13.3. The van der Waals surface area contributed by atoms with Crippen LogP contribution in [0, 0.1) is 5.82 Å². The lowest BCUT2D eigenvalue weighted by atomic mass is 10.0. The Morgan fingerprint density at radius 2 is 2.04 bits per heavy atom. The topological polar surface area (TPSA) is 54.0 Å². The van der Waals surface area contributed by atoms with Crippen molar-refractivity contribution in [2.75, 3.05) is 11.9 Å². The Hall–Kier alpha value is -1.98. The summed E-state index contributed by atoms with van der Waals surface area (Å²) in [5, 5.41) is 6.26. The molecular weight excluding hydrogens is 329 g/mol. The van der Waals surface area contributed by atoms with E-state index in [0.717, 1.165) is 25.6 Å². The van der Waals surface area contributed by atoms with Gasteiger partial charge in [0, 0.05) is 11.7 Å². The van der Waals surface area contributed by atoms with E-state index in [1.165, 1.54) is 30.5 Å². The number of carbonyl (C=O) groups excluding carboxylic acids is 1. The maximum Gasteiger partial charge on any atom is 0.274 e. The quantitative estimate of drug-likeness (QED) is 0.867. The first kappa shape index (κ1) is 18.4. The molecule has 2 heterocycles. The van der Waals surface area contributed by atoms with Crippen molar-refractivity contribution in [3.05, 3.63) is 59.7 Å². The first-order valence-corrected chi connectivity index (χ1v) is 7.96. The van der Waals surface area contributed by atoms with Gasteiger partial charge in [-0.1, -0.05) is 12.1 Å². The lowest BCUT2D eigenvalue weighted by Crippen LogP contribution is -2.21. The summed E-state index contributed by atoms with van der Waals surface area (Å²) < 4.78 is 12.8.